The molecule has 1 aliphatic carbocycles. The van der Waals surface area contributed by atoms with Crippen LogP contribution in [0, 0.1) is 0 Å². The summed E-state index contributed by atoms with van der Waals surface area (Å²) in [6, 6.07) is 0. The molecular formula is C14H25N3O. The predicted octanol–water partition coefficient (Wildman–Crippen LogP) is 1.17. The molecule has 102 valence electrons. The van der Waals surface area contributed by atoms with Crippen molar-refractivity contribution < 1.29 is 4.79 Å². The Kier molecular flexibility index (Phi) is 3.57. The highest BCUT2D eigenvalue weighted by Gasteiger charge is 2.47. The summed E-state index contributed by atoms with van der Waals surface area (Å²) in [5, 5.41) is 3.47. The van der Waals surface area contributed by atoms with Crippen LogP contribution in [0.5, 0.6) is 0 Å². The van der Waals surface area contributed by atoms with E-state index in [1.54, 1.807) is 0 Å². The van der Waals surface area contributed by atoms with Crippen molar-refractivity contribution >= 4 is 5.91 Å². The molecule has 4 heteroatoms. The number of carbonyl (C=O) groups is 1. The second-order valence-electron chi connectivity index (χ2n) is 6.09. The van der Waals surface area contributed by atoms with Crippen LogP contribution in [0.2, 0.25) is 0 Å². The fourth-order valence-electron chi connectivity index (χ4n) is 3.74. The molecule has 1 N–H and O–H groups in total. The maximum absolute atomic E-state index is 12.4. The van der Waals surface area contributed by atoms with Gasteiger partial charge in [-0.1, -0.05) is 12.8 Å². The van der Waals surface area contributed by atoms with Crippen LogP contribution >= 0.6 is 0 Å². The molecule has 4 nitrogen and oxygen atoms in total. The Balaban J connectivity index is 1.44. The Morgan fingerprint density at radius 1 is 1.06 bits per heavy atom. The van der Waals surface area contributed by atoms with Crippen LogP contribution < -0.4 is 5.32 Å². The van der Waals surface area contributed by atoms with E-state index in [2.05, 4.69) is 10.2 Å². The van der Waals surface area contributed by atoms with Crippen LogP contribution in [-0.2, 0) is 4.79 Å². The molecule has 0 radical (unpaired) electrons. The van der Waals surface area contributed by atoms with Crippen LogP contribution in [0.15, 0.2) is 0 Å². The standard InChI is InChI=1S/C14H25N3O/c18-13-14(6-1-2-7-14)15-12-17(13)11-5-10-16-8-3-4-9-16/h15H,1-12H2. The van der Waals surface area contributed by atoms with Crippen molar-refractivity contribution in [2.75, 3.05) is 32.8 Å². The average Bonchev–Trinajstić information content (AvgIpc) is 3.08. The van der Waals surface area contributed by atoms with Gasteiger partial charge in [0.05, 0.1) is 12.2 Å². The van der Waals surface area contributed by atoms with Crippen molar-refractivity contribution in [2.24, 2.45) is 0 Å². The lowest BCUT2D eigenvalue weighted by Gasteiger charge is -2.22. The number of hydrogen-bond donors (Lipinski definition) is 1. The van der Waals surface area contributed by atoms with E-state index in [9.17, 15) is 4.79 Å². The summed E-state index contributed by atoms with van der Waals surface area (Å²) in [6.45, 7) is 5.39. The van der Waals surface area contributed by atoms with E-state index in [1.807, 2.05) is 4.90 Å². The minimum absolute atomic E-state index is 0.159. The first-order valence-corrected chi connectivity index (χ1v) is 7.57. The fourth-order valence-corrected chi connectivity index (χ4v) is 3.74. The second-order valence-corrected chi connectivity index (χ2v) is 6.09. The molecule has 0 unspecified atom stereocenters. The molecule has 0 aromatic rings. The zero-order valence-corrected chi connectivity index (χ0v) is 11.3. The Labute approximate surface area is 110 Å². The molecule has 2 heterocycles. The van der Waals surface area contributed by atoms with E-state index >= 15 is 0 Å². The first kappa shape index (κ1) is 12.4. The van der Waals surface area contributed by atoms with Gasteiger partial charge >= 0.3 is 0 Å². The van der Waals surface area contributed by atoms with Crippen LogP contribution in [0.25, 0.3) is 0 Å². The van der Waals surface area contributed by atoms with E-state index in [4.69, 9.17) is 0 Å². The van der Waals surface area contributed by atoms with Gasteiger partial charge in [0.25, 0.3) is 0 Å². The number of nitrogens with one attached hydrogen (secondary N) is 1. The molecule has 0 aromatic heterocycles. The molecular weight excluding hydrogens is 226 g/mol. The second kappa shape index (κ2) is 5.17. The lowest BCUT2D eigenvalue weighted by atomic mass is 9.98. The third-order valence-corrected chi connectivity index (χ3v) is 4.86. The van der Waals surface area contributed by atoms with Gasteiger partial charge < -0.3 is 9.80 Å². The van der Waals surface area contributed by atoms with Crippen molar-refractivity contribution in [2.45, 2.75) is 50.5 Å². The van der Waals surface area contributed by atoms with E-state index in [0.29, 0.717) is 5.91 Å². The first-order valence-electron chi connectivity index (χ1n) is 7.57. The van der Waals surface area contributed by atoms with Crippen LogP contribution in [0.3, 0.4) is 0 Å². The summed E-state index contributed by atoms with van der Waals surface area (Å²) in [4.78, 5) is 17.0. The predicted molar refractivity (Wildman–Crippen MR) is 71.2 cm³/mol. The van der Waals surface area contributed by atoms with Crippen molar-refractivity contribution in [1.29, 1.82) is 0 Å². The quantitative estimate of drug-likeness (QED) is 0.815. The SMILES string of the molecule is O=C1N(CCCN2CCCC2)CNC12CCCC2. The minimum atomic E-state index is -0.159. The van der Waals surface area contributed by atoms with E-state index < -0.39 is 0 Å². The van der Waals surface area contributed by atoms with E-state index in [-0.39, 0.29) is 5.54 Å². The summed E-state index contributed by atoms with van der Waals surface area (Å²) in [6.07, 6.45) is 8.35. The number of rotatable bonds is 4. The Morgan fingerprint density at radius 3 is 2.50 bits per heavy atom. The first-order chi connectivity index (χ1) is 8.80. The van der Waals surface area contributed by atoms with Crippen molar-refractivity contribution in [3.8, 4) is 0 Å². The fraction of sp³-hybridized carbons (Fsp3) is 0.929. The maximum Gasteiger partial charge on any atom is 0.243 e. The number of amides is 1. The molecule has 2 saturated heterocycles. The van der Waals surface area contributed by atoms with Gasteiger partial charge in [-0.2, -0.15) is 0 Å². The van der Waals surface area contributed by atoms with Crippen LogP contribution in [0.4, 0.5) is 0 Å². The molecule has 1 saturated carbocycles. The van der Waals surface area contributed by atoms with Crippen LogP contribution in [0.1, 0.15) is 44.9 Å². The Morgan fingerprint density at radius 2 is 1.78 bits per heavy atom. The van der Waals surface area contributed by atoms with Gasteiger partial charge in [0.15, 0.2) is 0 Å². The lowest BCUT2D eigenvalue weighted by molar-refractivity contribution is -0.132. The molecule has 3 fully saturated rings. The molecule has 1 amide bonds. The molecule has 3 aliphatic rings. The summed E-state index contributed by atoms with van der Waals surface area (Å²) < 4.78 is 0. The summed E-state index contributed by atoms with van der Waals surface area (Å²) in [5.41, 5.74) is -0.159. The monoisotopic (exact) mass is 251 g/mol. The topological polar surface area (TPSA) is 35.6 Å². The largest absolute Gasteiger partial charge is 0.328 e. The molecule has 0 aromatic carbocycles. The van der Waals surface area contributed by atoms with Crippen molar-refractivity contribution in [1.82, 2.24) is 15.1 Å². The van der Waals surface area contributed by atoms with Crippen molar-refractivity contribution in [3.05, 3.63) is 0 Å². The lowest BCUT2D eigenvalue weighted by Crippen LogP contribution is -2.44. The smallest absolute Gasteiger partial charge is 0.243 e. The Bertz CT molecular complexity index is 306. The summed E-state index contributed by atoms with van der Waals surface area (Å²) >= 11 is 0. The normalized spacial score (nSPS) is 27.8. The summed E-state index contributed by atoms with van der Waals surface area (Å²) in [7, 11) is 0. The van der Waals surface area contributed by atoms with E-state index in [0.717, 1.165) is 39.0 Å². The highest BCUT2D eigenvalue weighted by atomic mass is 16.2. The number of likely N-dealkylation sites (tertiary alicyclic amines) is 1. The van der Waals surface area contributed by atoms with Crippen molar-refractivity contribution in [3.63, 3.8) is 0 Å². The molecule has 0 bridgehead atoms. The zero-order valence-electron chi connectivity index (χ0n) is 11.3. The number of hydrogen-bond acceptors (Lipinski definition) is 3. The Hall–Kier alpha value is -0.610. The molecule has 0 atom stereocenters. The van der Waals surface area contributed by atoms with Crippen LogP contribution in [-0.4, -0.2) is 54.1 Å². The average molecular weight is 251 g/mol. The van der Waals surface area contributed by atoms with Gasteiger partial charge in [0, 0.05) is 6.54 Å². The molecule has 3 rings (SSSR count). The van der Waals surface area contributed by atoms with Gasteiger partial charge in [0.1, 0.15) is 0 Å². The molecule has 2 aliphatic heterocycles. The highest BCUT2D eigenvalue weighted by molar-refractivity contribution is 5.88. The molecule has 1 spiro atoms. The molecule has 18 heavy (non-hydrogen) atoms. The highest BCUT2D eigenvalue weighted by Crippen LogP contribution is 2.34. The summed E-state index contributed by atoms with van der Waals surface area (Å²) in [5.74, 6) is 0.376. The zero-order chi connectivity index (χ0) is 12.4. The maximum atomic E-state index is 12.4. The number of carbonyl (C=O) groups excluding carboxylic acids is 1. The third-order valence-electron chi connectivity index (χ3n) is 4.86. The van der Waals surface area contributed by atoms with Gasteiger partial charge in [-0.05, 0) is 51.7 Å². The van der Waals surface area contributed by atoms with Gasteiger partial charge in [0.2, 0.25) is 5.91 Å². The van der Waals surface area contributed by atoms with E-state index in [1.165, 1.54) is 38.8 Å². The third kappa shape index (κ3) is 2.28. The van der Waals surface area contributed by atoms with Gasteiger partial charge in [-0.25, -0.2) is 0 Å². The van der Waals surface area contributed by atoms with Gasteiger partial charge in [-0.15, -0.1) is 0 Å². The number of nitrogens with zero attached hydrogens (tertiary/aromatic N) is 2. The van der Waals surface area contributed by atoms with Gasteiger partial charge in [-0.3, -0.25) is 10.1 Å². The minimum Gasteiger partial charge on any atom is -0.328 e.